The highest BCUT2D eigenvalue weighted by atomic mass is 19.3. The summed E-state index contributed by atoms with van der Waals surface area (Å²) in [6.07, 6.45) is 1.77. The fourth-order valence-electron chi connectivity index (χ4n) is 3.84. The van der Waals surface area contributed by atoms with Gasteiger partial charge in [-0.1, -0.05) is 0 Å². The Morgan fingerprint density at radius 1 is 1.50 bits per heavy atom. The Bertz CT molecular complexity index is 289. The van der Waals surface area contributed by atoms with E-state index in [-0.39, 0.29) is 17.7 Å². The van der Waals surface area contributed by atoms with Gasteiger partial charge in [-0.25, -0.2) is 0 Å². The van der Waals surface area contributed by atoms with Gasteiger partial charge >= 0.3 is 6.61 Å². The molecule has 3 aliphatic heterocycles. The molecule has 3 aliphatic rings. The molecule has 0 radical (unpaired) electrons. The van der Waals surface area contributed by atoms with Gasteiger partial charge in [0.1, 0.15) is 0 Å². The molecular weight excluding hydrogens is 216 g/mol. The van der Waals surface area contributed by atoms with E-state index in [4.69, 9.17) is 4.74 Å². The van der Waals surface area contributed by atoms with Crippen LogP contribution in [-0.4, -0.2) is 49.0 Å². The van der Waals surface area contributed by atoms with Crippen molar-refractivity contribution in [2.24, 2.45) is 5.92 Å². The second-order valence-corrected chi connectivity index (χ2v) is 5.18. The zero-order chi connectivity index (χ0) is 11.3. The van der Waals surface area contributed by atoms with Crippen molar-refractivity contribution in [2.75, 3.05) is 19.7 Å². The second kappa shape index (κ2) is 3.62. The minimum atomic E-state index is -2.65. The van der Waals surface area contributed by atoms with Gasteiger partial charge in [0.05, 0.1) is 24.4 Å². The zero-order valence-corrected chi connectivity index (χ0v) is 9.36. The Kier molecular flexibility index (Phi) is 2.46. The van der Waals surface area contributed by atoms with Crippen molar-refractivity contribution < 1.29 is 18.3 Å². The van der Waals surface area contributed by atoms with Gasteiger partial charge < -0.3 is 9.47 Å². The molecule has 3 unspecified atom stereocenters. The first kappa shape index (κ1) is 10.9. The molecule has 0 aliphatic carbocycles. The van der Waals surface area contributed by atoms with Gasteiger partial charge in [-0.2, -0.15) is 8.78 Å². The van der Waals surface area contributed by atoms with E-state index in [9.17, 15) is 8.78 Å². The Morgan fingerprint density at radius 3 is 3.06 bits per heavy atom. The van der Waals surface area contributed by atoms with E-state index < -0.39 is 6.61 Å². The van der Waals surface area contributed by atoms with Gasteiger partial charge in [-0.3, -0.25) is 4.90 Å². The molecule has 0 bridgehead atoms. The molecule has 1 spiro atoms. The van der Waals surface area contributed by atoms with Crippen molar-refractivity contribution in [3.8, 4) is 0 Å². The molecule has 3 nitrogen and oxygen atoms in total. The van der Waals surface area contributed by atoms with Crippen LogP contribution < -0.4 is 0 Å². The van der Waals surface area contributed by atoms with Crippen LogP contribution in [0.1, 0.15) is 19.8 Å². The van der Waals surface area contributed by atoms with Crippen LogP contribution in [0.2, 0.25) is 0 Å². The van der Waals surface area contributed by atoms with E-state index in [1.807, 2.05) is 0 Å². The van der Waals surface area contributed by atoms with Crippen molar-refractivity contribution in [2.45, 2.75) is 44.1 Å². The maximum Gasteiger partial charge on any atom is 0.345 e. The number of halogens is 2. The molecule has 0 amide bonds. The summed E-state index contributed by atoms with van der Waals surface area (Å²) in [7, 11) is 0. The molecule has 0 saturated carbocycles. The van der Waals surface area contributed by atoms with Gasteiger partial charge in [-0.05, 0) is 26.3 Å². The summed E-state index contributed by atoms with van der Waals surface area (Å²) >= 11 is 0. The Morgan fingerprint density at radius 2 is 2.31 bits per heavy atom. The summed E-state index contributed by atoms with van der Waals surface area (Å²) in [5.41, 5.74) is -0.00102. The fraction of sp³-hybridized carbons (Fsp3) is 1.00. The summed E-state index contributed by atoms with van der Waals surface area (Å²) in [5, 5.41) is 0. The van der Waals surface area contributed by atoms with Crippen LogP contribution in [0.15, 0.2) is 0 Å². The quantitative estimate of drug-likeness (QED) is 0.721. The summed E-state index contributed by atoms with van der Waals surface area (Å²) < 4.78 is 34.8. The number of alkyl halides is 2. The molecule has 16 heavy (non-hydrogen) atoms. The maximum atomic E-state index is 12.2. The Labute approximate surface area is 93.7 Å². The van der Waals surface area contributed by atoms with Crippen molar-refractivity contribution >= 4 is 0 Å². The van der Waals surface area contributed by atoms with Crippen molar-refractivity contribution in [1.29, 1.82) is 0 Å². The standard InChI is InChI=1S/C11H17F2NO2/c1-7-9-2-3-14-5-8(16-10(12)13)4-11(9,14)6-15-7/h7-10H,2-6H2,1H3/t7?,8?,9?,11-/m0/s1. The van der Waals surface area contributed by atoms with Gasteiger partial charge in [0.15, 0.2) is 0 Å². The molecule has 0 aromatic heterocycles. The predicted octanol–water partition coefficient (Wildman–Crippen LogP) is 1.48. The van der Waals surface area contributed by atoms with Crippen LogP contribution in [0.5, 0.6) is 0 Å². The summed E-state index contributed by atoms with van der Waals surface area (Å²) in [5.74, 6) is 0.499. The maximum absolute atomic E-state index is 12.2. The van der Waals surface area contributed by atoms with E-state index in [1.54, 1.807) is 0 Å². The molecule has 0 aromatic carbocycles. The highest BCUT2D eigenvalue weighted by Crippen LogP contribution is 2.50. The van der Waals surface area contributed by atoms with Crippen LogP contribution in [0.4, 0.5) is 8.78 Å². The SMILES string of the molecule is CC1OC[C@]23CC(OC(F)F)CN2CCC13. The van der Waals surface area contributed by atoms with E-state index in [2.05, 4.69) is 16.6 Å². The molecule has 4 atom stereocenters. The zero-order valence-electron chi connectivity index (χ0n) is 9.36. The molecule has 0 N–H and O–H groups in total. The van der Waals surface area contributed by atoms with Crippen molar-refractivity contribution in [3.05, 3.63) is 0 Å². The Balaban J connectivity index is 1.75. The van der Waals surface area contributed by atoms with Gasteiger partial charge in [-0.15, -0.1) is 0 Å². The molecule has 92 valence electrons. The first-order chi connectivity index (χ1) is 7.62. The average molecular weight is 233 g/mol. The molecule has 3 fully saturated rings. The number of rotatable bonds is 2. The highest BCUT2D eigenvalue weighted by Gasteiger charge is 2.60. The van der Waals surface area contributed by atoms with Gasteiger partial charge in [0.2, 0.25) is 0 Å². The minimum Gasteiger partial charge on any atom is -0.376 e. The summed E-state index contributed by atoms with van der Waals surface area (Å²) in [4.78, 5) is 2.30. The number of nitrogens with zero attached hydrogens (tertiary/aromatic N) is 1. The minimum absolute atomic E-state index is 0.00102. The second-order valence-electron chi connectivity index (χ2n) is 5.18. The third-order valence-electron chi connectivity index (χ3n) is 4.49. The van der Waals surface area contributed by atoms with Crippen LogP contribution in [0.25, 0.3) is 0 Å². The van der Waals surface area contributed by atoms with Crippen LogP contribution in [0, 0.1) is 5.92 Å². The molecule has 3 saturated heterocycles. The third-order valence-corrected chi connectivity index (χ3v) is 4.49. The van der Waals surface area contributed by atoms with Crippen molar-refractivity contribution in [1.82, 2.24) is 4.90 Å². The number of ether oxygens (including phenoxy) is 2. The van der Waals surface area contributed by atoms with E-state index >= 15 is 0 Å². The molecule has 3 rings (SSSR count). The lowest BCUT2D eigenvalue weighted by Crippen LogP contribution is -2.43. The van der Waals surface area contributed by atoms with E-state index in [1.165, 1.54) is 0 Å². The van der Waals surface area contributed by atoms with Crippen LogP contribution in [-0.2, 0) is 9.47 Å². The fourth-order valence-corrected chi connectivity index (χ4v) is 3.84. The average Bonchev–Trinajstić information content (AvgIpc) is 2.76. The van der Waals surface area contributed by atoms with E-state index in [0.717, 1.165) is 13.0 Å². The Hall–Kier alpha value is -0.260. The lowest BCUT2D eigenvalue weighted by Gasteiger charge is -2.30. The molecule has 3 heterocycles. The van der Waals surface area contributed by atoms with Crippen LogP contribution in [0.3, 0.4) is 0 Å². The van der Waals surface area contributed by atoms with Crippen molar-refractivity contribution in [3.63, 3.8) is 0 Å². The molecular formula is C11H17F2NO2. The normalized spacial score (nSPS) is 47.6. The van der Waals surface area contributed by atoms with Crippen LogP contribution >= 0.6 is 0 Å². The summed E-state index contributed by atoms with van der Waals surface area (Å²) in [6, 6.07) is 0. The van der Waals surface area contributed by atoms with Gasteiger partial charge in [0.25, 0.3) is 0 Å². The first-order valence-electron chi connectivity index (χ1n) is 5.92. The lowest BCUT2D eigenvalue weighted by atomic mass is 9.83. The van der Waals surface area contributed by atoms with Gasteiger partial charge in [0, 0.05) is 12.5 Å². The topological polar surface area (TPSA) is 21.7 Å². The van der Waals surface area contributed by atoms with E-state index in [0.29, 0.717) is 25.5 Å². The summed E-state index contributed by atoms with van der Waals surface area (Å²) in [6.45, 7) is 1.75. The smallest absolute Gasteiger partial charge is 0.345 e. The molecule has 0 aromatic rings. The largest absolute Gasteiger partial charge is 0.376 e. The monoisotopic (exact) mass is 233 g/mol. The predicted molar refractivity (Wildman–Crippen MR) is 53.3 cm³/mol. The third kappa shape index (κ3) is 1.41. The highest BCUT2D eigenvalue weighted by molar-refractivity contribution is 5.12. The number of hydrogen-bond acceptors (Lipinski definition) is 3. The first-order valence-corrected chi connectivity index (χ1v) is 5.92. The molecule has 5 heteroatoms. The number of hydrogen-bond donors (Lipinski definition) is 0. The lowest BCUT2D eigenvalue weighted by molar-refractivity contribution is -0.159.